The summed E-state index contributed by atoms with van der Waals surface area (Å²) >= 11 is 0. The Bertz CT molecular complexity index is 804. The van der Waals surface area contributed by atoms with Crippen LogP contribution < -0.4 is 5.32 Å². The molecule has 1 fully saturated rings. The van der Waals surface area contributed by atoms with Crippen molar-refractivity contribution in [2.24, 2.45) is 0 Å². The number of urea groups is 1. The van der Waals surface area contributed by atoms with Gasteiger partial charge in [0.15, 0.2) is 0 Å². The minimum Gasteiger partial charge on any atom is -0.388 e. The van der Waals surface area contributed by atoms with Crippen LogP contribution in [0.5, 0.6) is 0 Å². The highest BCUT2D eigenvalue weighted by Crippen LogP contribution is 2.31. The molecule has 144 valence electrons. The van der Waals surface area contributed by atoms with Crippen molar-refractivity contribution in [2.75, 3.05) is 18.1 Å². The standard InChI is InChI=1S/C21H26N2O3S/c1-27(26)19-11-7-10-18(14-19)22-20(24)23(15-17-8-3-2-4-9-17)16-21(25)12-5-6-13-21/h2-4,7-11,14,25H,5-6,12-13,15-16H2,1H3,(H,22,24). The van der Waals surface area contributed by atoms with E-state index in [4.69, 9.17) is 0 Å². The Morgan fingerprint density at radius 1 is 1.15 bits per heavy atom. The van der Waals surface area contributed by atoms with E-state index in [-0.39, 0.29) is 6.03 Å². The Balaban J connectivity index is 1.77. The van der Waals surface area contributed by atoms with Crippen molar-refractivity contribution in [3.05, 3.63) is 60.2 Å². The lowest BCUT2D eigenvalue weighted by Crippen LogP contribution is -2.45. The number of hydrogen-bond donors (Lipinski definition) is 2. The molecule has 3 rings (SSSR count). The van der Waals surface area contributed by atoms with Crippen molar-refractivity contribution in [3.63, 3.8) is 0 Å². The summed E-state index contributed by atoms with van der Waals surface area (Å²) in [6.07, 6.45) is 5.02. The molecule has 0 aromatic heterocycles. The Morgan fingerprint density at radius 2 is 1.85 bits per heavy atom. The van der Waals surface area contributed by atoms with Crippen LogP contribution in [0, 0.1) is 0 Å². The molecule has 0 spiro atoms. The van der Waals surface area contributed by atoms with E-state index in [2.05, 4.69) is 5.32 Å². The molecule has 2 amide bonds. The van der Waals surface area contributed by atoms with E-state index in [0.29, 0.717) is 23.7 Å². The lowest BCUT2D eigenvalue weighted by Gasteiger charge is -2.31. The van der Waals surface area contributed by atoms with Crippen LogP contribution in [0.1, 0.15) is 31.2 Å². The number of amides is 2. The third-order valence-corrected chi connectivity index (χ3v) is 5.86. The third-order valence-electron chi connectivity index (χ3n) is 4.94. The molecule has 1 saturated carbocycles. The maximum Gasteiger partial charge on any atom is 0.322 e. The van der Waals surface area contributed by atoms with E-state index in [9.17, 15) is 14.1 Å². The highest BCUT2D eigenvalue weighted by atomic mass is 32.2. The summed E-state index contributed by atoms with van der Waals surface area (Å²) in [6, 6.07) is 16.5. The Labute approximate surface area is 162 Å². The van der Waals surface area contributed by atoms with Gasteiger partial charge in [0.1, 0.15) is 0 Å². The smallest absolute Gasteiger partial charge is 0.322 e. The Kier molecular flexibility index (Phi) is 6.29. The fourth-order valence-electron chi connectivity index (χ4n) is 3.51. The molecule has 0 heterocycles. The molecule has 1 unspecified atom stereocenters. The number of nitrogens with zero attached hydrogens (tertiary/aromatic N) is 1. The summed E-state index contributed by atoms with van der Waals surface area (Å²) in [5.74, 6) is 0. The first-order chi connectivity index (χ1) is 13.0. The van der Waals surface area contributed by atoms with Crippen LogP contribution >= 0.6 is 0 Å². The predicted molar refractivity (Wildman–Crippen MR) is 108 cm³/mol. The molecule has 2 aromatic carbocycles. The fraction of sp³-hybridized carbons (Fsp3) is 0.381. The van der Waals surface area contributed by atoms with Crippen LogP contribution in [-0.4, -0.2) is 38.6 Å². The second-order valence-electron chi connectivity index (χ2n) is 7.19. The predicted octanol–water partition coefficient (Wildman–Crippen LogP) is 3.76. The van der Waals surface area contributed by atoms with Gasteiger partial charge in [0, 0.05) is 34.2 Å². The lowest BCUT2D eigenvalue weighted by molar-refractivity contribution is 0.0192. The molecular weight excluding hydrogens is 360 g/mol. The maximum atomic E-state index is 13.0. The molecule has 2 N–H and O–H groups in total. The summed E-state index contributed by atoms with van der Waals surface area (Å²) < 4.78 is 11.7. The summed E-state index contributed by atoms with van der Waals surface area (Å²) in [5.41, 5.74) is 0.792. The lowest BCUT2D eigenvalue weighted by atomic mass is 10.0. The van der Waals surface area contributed by atoms with Gasteiger partial charge in [-0.25, -0.2) is 4.79 Å². The molecule has 1 atom stereocenters. The number of carbonyl (C=O) groups excluding carboxylic acids is 1. The Morgan fingerprint density at radius 3 is 2.52 bits per heavy atom. The van der Waals surface area contributed by atoms with Crippen molar-refractivity contribution in [1.82, 2.24) is 4.90 Å². The summed E-state index contributed by atoms with van der Waals surface area (Å²) in [5, 5.41) is 13.7. The van der Waals surface area contributed by atoms with Crippen molar-refractivity contribution >= 4 is 22.5 Å². The SMILES string of the molecule is CS(=O)c1cccc(NC(=O)N(Cc2ccccc2)CC2(O)CCCC2)c1. The van der Waals surface area contributed by atoms with E-state index in [1.54, 1.807) is 35.4 Å². The molecule has 0 aliphatic heterocycles. The van der Waals surface area contributed by atoms with Crippen molar-refractivity contribution in [2.45, 2.75) is 42.7 Å². The van der Waals surface area contributed by atoms with Crippen LogP contribution in [0.15, 0.2) is 59.5 Å². The van der Waals surface area contributed by atoms with Gasteiger partial charge in [-0.05, 0) is 36.6 Å². The molecule has 0 bridgehead atoms. The van der Waals surface area contributed by atoms with Crippen molar-refractivity contribution in [3.8, 4) is 0 Å². The molecule has 2 aromatic rings. The number of aliphatic hydroxyl groups is 1. The van der Waals surface area contributed by atoms with Crippen molar-refractivity contribution < 1.29 is 14.1 Å². The third kappa shape index (κ3) is 5.40. The van der Waals surface area contributed by atoms with Crippen LogP contribution in [0.25, 0.3) is 0 Å². The van der Waals surface area contributed by atoms with Gasteiger partial charge in [0.25, 0.3) is 0 Å². The van der Waals surface area contributed by atoms with Crippen LogP contribution in [0.2, 0.25) is 0 Å². The summed E-state index contributed by atoms with van der Waals surface area (Å²) in [7, 11) is -1.11. The van der Waals surface area contributed by atoms with Crippen molar-refractivity contribution in [1.29, 1.82) is 0 Å². The van der Waals surface area contributed by atoms with E-state index >= 15 is 0 Å². The largest absolute Gasteiger partial charge is 0.388 e. The van der Waals surface area contributed by atoms with Gasteiger partial charge < -0.3 is 15.3 Å². The van der Waals surface area contributed by atoms with E-state index in [0.717, 1.165) is 31.2 Å². The minimum atomic E-state index is -1.11. The van der Waals surface area contributed by atoms with Gasteiger partial charge in [-0.15, -0.1) is 0 Å². The molecule has 0 radical (unpaired) electrons. The molecule has 6 heteroatoms. The maximum absolute atomic E-state index is 13.0. The molecule has 27 heavy (non-hydrogen) atoms. The van der Waals surface area contributed by atoms with Crippen LogP contribution in [0.3, 0.4) is 0 Å². The number of nitrogens with one attached hydrogen (secondary N) is 1. The first kappa shape index (κ1) is 19.6. The number of anilines is 1. The van der Waals surface area contributed by atoms with E-state index in [1.165, 1.54) is 0 Å². The van der Waals surface area contributed by atoms with Crippen LogP contribution in [0.4, 0.5) is 10.5 Å². The highest BCUT2D eigenvalue weighted by Gasteiger charge is 2.34. The fourth-order valence-corrected chi connectivity index (χ4v) is 4.07. The molecule has 0 saturated heterocycles. The van der Waals surface area contributed by atoms with E-state index < -0.39 is 16.4 Å². The zero-order valence-corrected chi connectivity index (χ0v) is 16.4. The second kappa shape index (κ2) is 8.67. The van der Waals surface area contributed by atoms with Crippen LogP contribution in [-0.2, 0) is 17.3 Å². The van der Waals surface area contributed by atoms with Gasteiger partial charge in [-0.1, -0.05) is 49.2 Å². The average Bonchev–Trinajstić information content (AvgIpc) is 3.08. The zero-order chi connectivity index (χ0) is 19.3. The summed E-state index contributed by atoms with van der Waals surface area (Å²) in [4.78, 5) is 15.3. The first-order valence-corrected chi connectivity index (χ1v) is 10.8. The van der Waals surface area contributed by atoms with E-state index in [1.807, 2.05) is 30.3 Å². The average molecular weight is 387 g/mol. The molecule has 1 aliphatic carbocycles. The number of hydrogen-bond acceptors (Lipinski definition) is 3. The monoisotopic (exact) mass is 386 g/mol. The topological polar surface area (TPSA) is 69.6 Å². The number of benzene rings is 2. The van der Waals surface area contributed by atoms with Gasteiger partial charge in [-0.3, -0.25) is 4.21 Å². The van der Waals surface area contributed by atoms with Gasteiger partial charge in [0.05, 0.1) is 12.1 Å². The second-order valence-corrected chi connectivity index (χ2v) is 8.56. The first-order valence-electron chi connectivity index (χ1n) is 9.21. The van der Waals surface area contributed by atoms with Gasteiger partial charge in [-0.2, -0.15) is 0 Å². The quantitative estimate of drug-likeness (QED) is 0.794. The molecular formula is C21H26N2O3S. The summed E-state index contributed by atoms with van der Waals surface area (Å²) in [6.45, 7) is 0.724. The molecule has 5 nitrogen and oxygen atoms in total. The zero-order valence-electron chi connectivity index (χ0n) is 15.6. The molecule has 1 aliphatic rings. The number of carbonyl (C=O) groups is 1. The highest BCUT2D eigenvalue weighted by molar-refractivity contribution is 7.84. The number of rotatable bonds is 6. The van der Waals surface area contributed by atoms with Gasteiger partial charge >= 0.3 is 6.03 Å². The van der Waals surface area contributed by atoms with Gasteiger partial charge in [0.2, 0.25) is 0 Å². The Hall–Kier alpha value is -2.18. The minimum absolute atomic E-state index is 0.266. The normalized spacial score (nSPS) is 16.7.